The number of methoxy groups -OCH3 is 1. The molecule has 3 amide bonds. The summed E-state index contributed by atoms with van der Waals surface area (Å²) in [6, 6.07) is -0.232. The molecule has 7 nitrogen and oxygen atoms in total. The molecule has 0 aliphatic carbocycles. The Labute approximate surface area is 111 Å². The Morgan fingerprint density at radius 1 is 1.37 bits per heavy atom. The molecule has 2 aliphatic rings. The van der Waals surface area contributed by atoms with Crippen molar-refractivity contribution in [3.05, 3.63) is 0 Å². The zero-order valence-electron chi connectivity index (χ0n) is 11.8. The Morgan fingerprint density at radius 2 is 2.00 bits per heavy atom. The minimum atomic E-state index is -1.06. The summed E-state index contributed by atoms with van der Waals surface area (Å²) in [6.45, 7) is 6.20. The zero-order valence-corrected chi connectivity index (χ0v) is 11.8. The van der Waals surface area contributed by atoms with Gasteiger partial charge in [0.2, 0.25) is 0 Å². The Bertz CT molecular complexity index is 497. The Balaban J connectivity index is 2.49. The van der Waals surface area contributed by atoms with Gasteiger partial charge in [-0.2, -0.15) is 9.98 Å². The molecule has 0 spiro atoms. The molecular weight excluding hydrogens is 248 g/mol. The molecule has 0 aromatic carbocycles. The van der Waals surface area contributed by atoms with E-state index >= 15 is 0 Å². The van der Waals surface area contributed by atoms with Crippen LogP contribution in [0, 0.1) is 5.92 Å². The maximum Gasteiger partial charge on any atom is 0.328 e. The number of urea groups is 1. The number of rotatable bonds is 2. The highest BCUT2D eigenvalue weighted by Gasteiger charge is 2.54. The van der Waals surface area contributed by atoms with Crippen LogP contribution in [-0.2, 0) is 9.53 Å². The molecule has 2 aliphatic heterocycles. The number of amides is 3. The van der Waals surface area contributed by atoms with E-state index in [-0.39, 0.29) is 23.7 Å². The molecule has 0 radical (unpaired) electrons. The third-order valence-corrected chi connectivity index (χ3v) is 3.25. The van der Waals surface area contributed by atoms with Crippen molar-refractivity contribution in [2.24, 2.45) is 15.9 Å². The highest BCUT2D eigenvalue weighted by molar-refractivity contribution is 6.48. The summed E-state index contributed by atoms with van der Waals surface area (Å²) in [7, 11) is 2.89. The van der Waals surface area contributed by atoms with Gasteiger partial charge in [-0.3, -0.25) is 14.6 Å². The molecule has 0 bridgehead atoms. The smallest absolute Gasteiger partial charge is 0.328 e. The number of carbonyl (C=O) groups excluding carboxylic acids is 2. The summed E-state index contributed by atoms with van der Waals surface area (Å²) in [6.07, 6.45) is 0. The largest absolute Gasteiger partial charge is 0.467 e. The second kappa shape index (κ2) is 4.32. The van der Waals surface area contributed by atoms with E-state index in [4.69, 9.17) is 4.74 Å². The van der Waals surface area contributed by atoms with Crippen molar-refractivity contribution in [2.75, 3.05) is 20.7 Å². The van der Waals surface area contributed by atoms with Gasteiger partial charge in [-0.15, -0.1) is 0 Å². The zero-order chi connectivity index (χ0) is 14.4. The number of imide groups is 1. The van der Waals surface area contributed by atoms with Gasteiger partial charge in [0.05, 0.1) is 7.11 Å². The standard InChI is InChI=1S/C12H18N4O3/c1-7(2)6-16-11(18)15(4)9(17)8-12(16,3)14-10(13-8)19-5/h7H,6H2,1-5H3. The van der Waals surface area contributed by atoms with E-state index in [0.717, 1.165) is 4.90 Å². The Morgan fingerprint density at radius 3 is 2.53 bits per heavy atom. The predicted molar refractivity (Wildman–Crippen MR) is 70.0 cm³/mol. The Kier molecular flexibility index (Phi) is 3.07. The van der Waals surface area contributed by atoms with Crippen molar-refractivity contribution >= 4 is 23.7 Å². The molecule has 1 atom stereocenters. The van der Waals surface area contributed by atoms with E-state index in [1.807, 2.05) is 13.8 Å². The lowest BCUT2D eigenvalue weighted by molar-refractivity contribution is -0.123. The number of hydrogen-bond donors (Lipinski definition) is 0. The summed E-state index contributed by atoms with van der Waals surface area (Å²) in [5, 5.41) is 0. The topological polar surface area (TPSA) is 74.6 Å². The molecule has 0 saturated carbocycles. The second-order valence-electron chi connectivity index (χ2n) is 5.23. The van der Waals surface area contributed by atoms with Crippen molar-refractivity contribution in [1.29, 1.82) is 0 Å². The van der Waals surface area contributed by atoms with E-state index in [1.165, 1.54) is 14.2 Å². The summed E-state index contributed by atoms with van der Waals surface area (Å²) in [5.74, 6) is -0.172. The average Bonchev–Trinajstić information content (AvgIpc) is 2.70. The van der Waals surface area contributed by atoms with Crippen LogP contribution in [0.3, 0.4) is 0 Å². The third-order valence-electron chi connectivity index (χ3n) is 3.25. The van der Waals surface area contributed by atoms with Crippen molar-refractivity contribution < 1.29 is 14.3 Å². The molecule has 7 heteroatoms. The first kappa shape index (κ1) is 13.5. The Hall–Kier alpha value is -1.92. The fraction of sp³-hybridized carbons (Fsp3) is 0.667. The molecule has 0 N–H and O–H groups in total. The van der Waals surface area contributed by atoms with Crippen LogP contribution < -0.4 is 0 Å². The molecule has 2 rings (SSSR count). The number of fused-ring (bicyclic) bond motifs is 1. The van der Waals surface area contributed by atoms with Crippen molar-refractivity contribution in [3.8, 4) is 0 Å². The van der Waals surface area contributed by atoms with Crippen LogP contribution >= 0.6 is 0 Å². The predicted octanol–water partition coefficient (Wildman–Crippen LogP) is 0.710. The fourth-order valence-corrected chi connectivity index (χ4v) is 2.23. The number of amidine groups is 1. The van der Waals surface area contributed by atoms with Crippen LogP contribution in [0.4, 0.5) is 4.79 Å². The molecule has 104 valence electrons. The summed E-state index contributed by atoms with van der Waals surface area (Å²) in [5.41, 5.74) is -0.830. The van der Waals surface area contributed by atoms with Gasteiger partial charge >= 0.3 is 12.1 Å². The SMILES string of the molecule is COC1=NC2(C)C(=N1)C(=O)N(C)C(=O)N2CC(C)C. The van der Waals surface area contributed by atoms with Crippen molar-refractivity contribution in [1.82, 2.24) is 9.80 Å². The monoisotopic (exact) mass is 266 g/mol. The van der Waals surface area contributed by atoms with Gasteiger partial charge in [-0.05, 0) is 12.8 Å². The minimum absolute atomic E-state index is 0.128. The molecule has 19 heavy (non-hydrogen) atoms. The summed E-state index contributed by atoms with van der Waals surface area (Å²) in [4.78, 5) is 35.4. The molecule has 1 unspecified atom stereocenters. The van der Waals surface area contributed by atoms with Gasteiger partial charge in [0.25, 0.3) is 5.91 Å². The normalized spacial score (nSPS) is 26.6. The highest BCUT2D eigenvalue weighted by atomic mass is 16.5. The van der Waals surface area contributed by atoms with E-state index in [0.29, 0.717) is 6.54 Å². The fourth-order valence-electron chi connectivity index (χ4n) is 2.23. The van der Waals surface area contributed by atoms with Gasteiger partial charge in [0.15, 0.2) is 11.4 Å². The van der Waals surface area contributed by atoms with Gasteiger partial charge in [-0.25, -0.2) is 4.79 Å². The van der Waals surface area contributed by atoms with E-state index in [9.17, 15) is 9.59 Å². The van der Waals surface area contributed by atoms with Crippen LogP contribution in [0.5, 0.6) is 0 Å². The van der Waals surface area contributed by atoms with Gasteiger partial charge in [-0.1, -0.05) is 13.8 Å². The van der Waals surface area contributed by atoms with Gasteiger partial charge in [0.1, 0.15) is 0 Å². The van der Waals surface area contributed by atoms with Crippen LogP contribution in [0.25, 0.3) is 0 Å². The maximum absolute atomic E-state index is 12.3. The summed E-state index contributed by atoms with van der Waals surface area (Å²) >= 11 is 0. The van der Waals surface area contributed by atoms with E-state index < -0.39 is 11.6 Å². The molecule has 0 aromatic rings. The first-order valence-corrected chi connectivity index (χ1v) is 6.14. The number of carbonyl (C=O) groups is 2. The number of hydrogen-bond acceptors (Lipinski definition) is 5. The first-order chi connectivity index (χ1) is 8.81. The summed E-state index contributed by atoms with van der Waals surface area (Å²) < 4.78 is 4.99. The van der Waals surface area contributed by atoms with Crippen molar-refractivity contribution in [2.45, 2.75) is 26.4 Å². The second-order valence-corrected chi connectivity index (χ2v) is 5.23. The molecule has 1 fully saturated rings. The number of ether oxygens (including phenoxy) is 1. The lowest BCUT2D eigenvalue weighted by atomic mass is 9.99. The number of nitrogens with zero attached hydrogens (tertiary/aromatic N) is 4. The van der Waals surface area contributed by atoms with E-state index in [2.05, 4.69) is 9.98 Å². The van der Waals surface area contributed by atoms with Crippen LogP contribution in [0.15, 0.2) is 9.98 Å². The number of aliphatic imine (C=N–C) groups is 2. The van der Waals surface area contributed by atoms with Crippen LogP contribution in [0.1, 0.15) is 20.8 Å². The maximum atomic E-state index is 12.3. The van der Waals surface area contributed by atoms with Gasteiger partial charge in [0, 0.05) is 13.6 Å². The molecular formula is C12H18N4O3. The van der Waals surface area contributed by atoms with E-state index in [1.54, 1.807) is 11.8 Å². The van der Waals surface area contributed by atoms with Crippen LogP contribution in [-0.4, -0.2) is 59.8 Å². The lowest BCUT2D eigenvalue weighted by Gasteiger charge is -2.43. The molecule has 1 saturated heterocycles. The first-order valence-electron chi connectivity index (χ1n) is 6.14. The molecule has 2 heterocycles. The van der Waals surface area contributed by atoms with Crippen LogP contribution in [0.2, 0.25) is 0 Å². The quantitative estimate of drug-likeness (QED) is 0.738. The minimum Gasteiger partial charge on any atom is -0.467 e. The third kappa shape index (κ3) is 1.89. The van der Waals surface area contributed by atoms with Crippen molar-refractivity contribution in [3.63, 3.8) is 0 Å². The highest BCUT2D eigenvalue weighted by Crippen LogP contribution is 2.31. The lowest BCUT2D eigenvalue weighted by Crippen LogP contribution is -2.66. The average molecular weight is 266 g/mol. The van der Waals surface area contributed by atoms with Gasteiger partial charge < -0.3 is 4.74 Å². The molecule has 0 aromatic heterocycles.